The minimum atomic E-state index is 0.147. The summed E-state index contributed by atoms with van der Waals surface area (Å²) in [6, 6.07) is 10.4. The zero-order valence-corrected chi connectivity index (χ0v) is 9.98. The van der Waals surface area contributed by atoms with E-state index in [-0.39, 0.29) is 5.92 Å². The van der Waals surface area contributed by atoms with Crippen LogP contribution in [-0.4, -0.2) is 12.8 Å². The molecule has 0 aliphatic heterocycles. The first-order chi connectivity index (χ1) is 7.74. The van der Waals surface area contributed by atoms with Crippen LogP contribution in [-0.2, 0) is 0 Å². The van der Waals surface area contributed by atoms with E-state index in [1.807, 2.05) is 25.3 Å². The topological polar surface area (TPSA) is 36.1 Å². The summed E-state index contributed by atoms with van der Waals surface area (Å²) < 4.78 is 0. The predicted molar refractivity (Wildman–Crippen MR) is 67.7 cm³/mol. The molecule has 0 N–H and O–H groups in total. The Kier molecular flexibility index (Phi) is 5.28. The highest BCUT2D eigenvalue weighted by molar-refractivity contribution is 5.81. The molecule has 84 valence electrons. The maximum atomic E-state index is 8.62. The normalized spacial score (nSPS) is 12.6. The summed E-state index contributed by atoms with van der Waals surface area (Å²) in [6.45, 7) is 4.84. The summed E-state index contributed by atoms with van der Waals surface area (Å²) in [5.41, 5.74) is 2.42. The second-order valence-electron chi connectivity index (χ2n) is 4.06. The summed E-state index contributed by atoms with van der Waals surface area (Å²) >= 11 is 0. The molecule has 0 radical (unpaired) electrons. The van der Waals surface area contributed by atoms with Gasteiger partial charge in [-0.15, -0.1) is 0 Å². The molecule has 2 nitrogen and oxygen atoms in total. The molecule has 1 rings (SSSR count). The zero-order chi connectivity index (χ0) is 11.8. The smallest absolute Gasteiger partial charge is 0.0652 e. The number of hydrogen-bond donors (Lipinski definition) is 0. The van der Waals surface area contributed by atoms with Crippen LogP contribution in [0.1, 0.15) is 30.9 Å². The van der Waals surface area contributed by atoms with Gasteiger partial charge in [-0.2, -0.15) is 5.26 Å². The monoisotopic (exact) mass is 214 g/mol. The lowest BCUT2D eigenvalue weighted by Gasteiger charge is -2.00. The number of nitrogens with zero attached hydrogens (tertiary/aromatic N) is 2. The predicted octanol–water partition coefficient (Wildman–Crippen LogP) is 3.35. The van der Waals surface area contributed by atoms with E-state index in [9.17, 15) is 0 Å². The summed E-state index contributed by atoms with van der Waals surface area (Å²) in [4.78, 5) is 4.37. The van der Waals surface area contributed by atoms with Crippen LogP contribution in [0.5, 0.6) is 0 Å². The van der Waals surface area contributed by atoms with E-state index in [2.05, 4.69) is 30.1 Å². The Labute approximate surface area is 97.6 Å². The van der Waals surface area contributed by atoms with Crippen LogP contribution in [0, 0.1) is 24.2 Å². The van der Waals surface area contributed by atoms with Crippen molar-refractivity contribution < 1.29 is 0 Å². The molecule has 1 unspecified atom stereocenters. The molecule has 1 atom stereocenters. The minimum Gasteiger partial charge on any atom is -0.293 e. The van der Waals surface area contributed by atoms with Gasteiger partial charge in [-0.25, -0.2) is 0 Å². The Morgan fingerprint density at radius 2 is 2.19 bits per heavy atom. The van der Waals surface area contributed by atoms with Gasteiger partial charge < -0.3 is 0 Å². The Bertz CT molecular complexity index is 388. The molecule has 0 heterocycles. The van der Waals surface area contributed by atoms with E-state index in [0.717, 1.165) is 19.4 Å². The Morgan fingerprint density at radius 3 is 2.88 bits per heavy atom. The fourth-order valence-electron chi connectivity index (χ4n) is 1.45. The second kappa shape index (κ2) is 6.79. The van der Waals surface area contributed by atoms with Crippen molar-refractivity contribution in [2.75, 3.05) is 6.54 Å². The van der Waals surface area contributed by atoms with Gasteiger partial charge in [-0.3, -0.25) is 4.99 Å². The average Bonchev–Trinajstić information content (AvgIpc) is 2.30. The van der Waals surface area contributed by atoms with E-state index in [4.69, 9.17) is 5.26 Å². The summed E-state index contributed by atoms with van der Waals surface area (Å²) in [6.07, 6.45) is 3.84. The van der Waals surface area contributed by atoms with E-state index >= 15 is 0 Å². The lowest BCUT2D eigenvalue weighted by atomic mass is 10.1. The largest absolute Gasteiger partial charge is 0.293 e. The van der Waals surface area contributed by atoms with Crippen LogP contribution in [0.2, 0.25) is 0 Å². The number of aryl methyl sites for hydroxylation is 1. The van der Waals surface area contributed by atoms with Crippen molar-refractivity contribution in [3.8, 4) is 6.07 Å². The fraction of sp³-hybridized carbons (Fsp3) is 0.429. The third-order valence-corrected chi connectivity index (χ3v) is 2.56. The molecule has 2 heteroatoms. The number of hydrogen-bond acceptors (Lipinski definition) is 2. The zero-order valence-electron chi connectivity index (χ0n) is 9.98. The quantitative estimate of drug-likeness (QED) is 0.547. The van der Waals surface area contributed by atoms with Gasteiger partial charge in [0, 0.05) is 18.7 Å². The van der Waals surface area contributed by atoms with Gasteiger partial charge in [0.2, 0.25) is 0 Å². The molecule has 0 bridgehead atoms. The first-order valence-corrected chi connectivity index (χ1v) is 5.69. The number of nitriles is 1. The van der Waals surface area contributed by atoms with Crippen LogP contribution in [0.25, 0.3) is 0 Å². The van der Waals surface area contributed by atoms with E-state index in [0.29, 0.717) is 0 Å². The van der Waals surface area contributed by atoms with Crippen LogP contribution in [0.3, 0.4) is 0 Å². The molecule has 0 spiro atoms. The first-order valence-electron chi connectivity index (χ1n) is 5.69. The second-order valence-corrected chi connectivity index (χ2v) is 4.06. The maximum absolute atomic E-state index is 8.62. The third kappa shape index (κ3) is 4.27. The summed E-state index contributed by atoms with van der Waals surface area (Å²) in [5.74, 6) is 0.147. The summed E-state index contributed by atoms with van der Waals surface area (Å²) in [5, 5.41) is 8.62. The van der Waals surface area contributed by atoms with Crippen LogP contribution in [0.4, 0.5) is 0 Å². The number of benzene rings is 1. The molecule has 0 aliphatic rings. The summed E-state index contributed by atoms with van der Waals surface area (Å²) in [7, 11) is 0. The van der Waals surface area contributed by atoms with Crippen molar-refractivity contribution in [2.24, 2.45) is 10.9 Å². The first kappa shape index (κ1) is 12.4. The fourth-order valence-corrected chi connectivity index (χ4v) is 1.45. The lowest BCUT2D eigenvalue weighted by Crippen LogP contribution is -1.93. The SMILES string of the molecule is Cc1ccccc1C=NCCCC(C)C#N. The maximum Gasteiger partial charge on any atom is 0.0652 e. The van der Waals surface area contributed by atoms with Crippen molar-refractivity contribution in [2.45, 2.75) is 26.7 Å². The molecule has 1 aromatic carbocycles. The van der Waals surface area contributed by atoms with Crippen molar-refractivity contribution in [3.05, 3.63) is 35.4 Å². The van der Waals surface area contributed by atoms with Gasteiger partial charge in [0.15, 0.2) is 0 Å². The Balaban J connectivity index is 2.33. The highest BCUT2D eigenvalue weighted by atomic mass is 14.7. The minimum absolute atomic E-state index is 0.147. The number of rotatable bonds is 5. The van der Waals surface area contributed by atoms with Gasteiger partial charge in [0.25, 0.3) is 0 Å². The van der Waals surface area contributed by atoms with Gasteiger partial charge in [-0.1, -0.05) is 24.3 Å². The Morgan fingerprint density at radius 1 is 1.44 bits per heavy atom. The molecule has 16 heavy (non-hydrogen) atoms. The van der Waals surface area contributed by atoms with E-state index in [1.54, 1.807) is 0 Å². The average molecular weight is 214 g/mol. The highest BCUT2D eigenvalue weighted by Gasteiger charge is 1.97. The third-order valence-electron chi connectivity index (χ3n) is 2.56. The van der Waals surface area contributed by atoms with Gasteiger partial charge in [-0.05, 0) is 37.8 Å². The van der Waals surface area contributed by atoms with Crippen LogP contribution in [0.15, 0.2) is 29.3 Å². The molecular formula is C14H18N2. The van der Waals surface area contributed by atoms with Crippen molar-refractivity contribution in [3.63, 3.8) is 0 Å². The highest BCUT2D eigenvalue weighted by Crippen LogP contribution is 2.05. The van der Waals surface area contributed by atoms with Crippen molar-refractivity contribution in [1.29, 1.82) is 5.26 Å². The molecular weight excluding hydrogens is 196 g/mol. The van der Waals surface area contributed by atoms with E-state index in [1.165, 1.54) is 11.1 Å². The molecule has 0 aliphatic carbocycles. The van der Waals surface area contributed by atoms with Crippen LogP contribution < -0.4 is 0 Å². The van der Waals surface area contributed by atoms with Crippen molar-refractivity contribution in [1.82, 2.24) is 0 Å². The van der Waals surface area contributed by atoms with Crippen molar-refractivity contribution >= 4 is 6.21 Å². The number of aliphatic imine (C=N–C) groups is 1. The van der Waals surface area contributed by atoms with E-state index < -0.39 is 0 Å². The molecule has 0 aromatic heterocycles. The van der Waals surface area contributed by atoms with Gasteiger partial charge in [0.1, 0.15) is 0 Å². The van der Waals surface area contributed by atoms with Gasteiger partial charge >= 0.3 is 0 Å². The van der Waals surface area contributed by atoms with Crippen LogP contribution >= 0.6 is 0 Å². The Hall–Kier alpha value is -1.62. The molecule has 0 fully saturated rings. The van der Waals surface area contributed by atoms with Gasteiger partial charge in [0.05, 0.1) is 6.07 Å². The molecule has 0 amide bonds. The molecule has 0 saturated carbocycles. The lowest BCUT2D eigenvalue weighted by molar-refractivity contribution is 0.625. The molecule has 0 saturated heterocycles. The molecule has 1 aromatic rings. The standard InChI is InChI=1S/C14H18N2/c1-12(10-15)6-5-9-16-11-14-8-4-3-7-13(14)2/h3-4,7-8,11-12H,5-6,9H2,1-2H3.